The van der Waals surface area contributed by atoms with Crippen LogP contribution in [0.3, 0.4) is 0 Å². The summed E-state index contributed by atoms with van der Waals surface area (Å²) < 4.78 is 5.92. The van der Waals surface area contributed by atoms with Crippen LogP contribution in [0.5, 0.6) is 11.5 Å². The Morgan fingerprint density at radius 1 is 0.919 bits per heavy atom. The Morgan fingerprint density at radius 3 is 2.35 bits per heavy atom. The molecule has 0 saturated heterocycles. The first-order valence-electron chi connectivity index (χ1n) is 12.0. The lowest BCUT2D eigenvalue weighted by Gasteiger charge is -2.19. The smallest absolute Gasteiger partial charge is 0.303 e. The van der Waals surface area contributed by atoms with Crippen molar-refractivity contribution in [3.05, 3.63) is 107 Å². The molecule has 0 aliphatic rings. The number of hydrogen-bond donors (Lipinski definition) is 3. The molecule has 0 saturated carbocycles. The third kappa shape index (κ3) is 6.32. The fourth-order valence-corrected chi connectivity index (χ4v) is 4.28. The second-order valence-electron chi connectivity index (χ2n) is 8.82. The number of ether oxygens (including phenoxy) is 1. The highest BCUT2D eigenvalue weighted by Gasteiger charge is 2.18. The van der Waals surface area contributed by atoms with Gasteiger partial charge in [-0.25, -0.2) is 0 Å². The number of aliphatic carboxylic acids is 1. The van der Waals surface area contributed by atoms with Crippen molar-refractivity contribution in [2.45, 2.75) is 32.2 Å². The normalized spacial score (nSPS) is 11.6. The Labute approximate surface area is 214 Å². The minimum atomic E-state index is -0.880. The summed E-state index contributed by atoms with van der Waals surface area (Å²) in [6.07, 6.45) is 0.854. The molecule has 0 aromatic heterocycles. The molecule has 0 aliphatic heterocycles. The molecular formula is C30H28N2O5. The molecule has 0 fully saturated rings. The molecule has 37 heavy (non-hydrogen) atoms. The minimum Gasteiger partial charge on any atom is -0.481 e. The molecule has 0 heterocycles. The number of hydrogen-bond acceptors (Lipinski definition) is 4. The highest BCUT2D eigenvalue weighted by atomic mass is 16.5. The molecule has 188 valence electrons. The number of rotatable bonds is 10. The summed E-state index contributed by atoms with van der Waals surface area (Å²) in [5.74, 6) is -0.761. The van der Waals surface area contributed by atoms with E-state index in [4.69, 9.17) is 15.6 Å². The molecule has 0 aliphatic carbocycles. The zero-order valence-electron chi connectivity index (χ0n) is 20.4. The number of primary amides is 1. The van der Waals surface area contributed by atoms with Gasteiger partial charge in [-0.05, 0) is 78.1 Å². The second-order valence-corrected chi connectivity index (χ2v) is 8.82. The highest BCUT2D eigenvalue weighted by molar-refractivity contribution is 5.97. The Morgan fingerprint density at radius 2 is 1.62 bits per heavy atom. The van der Waals surface area contributed by atoms with Gasteiger partial charge in [0.2, 0.25) is 5.91 Å². The van der Waals surface area contributed by atoms with Gasteiger partial charge in [-0.3, -0.25) is 14.4 Å². The van der Waals surface area contributed by atoms with E-state index in [9.17, 15) is 14.4 Å². The second kappa shape index (κ2) is 11.4. The molecule has 7 nitrogen and oxygen atoms in total. The van der Waals surface area contributed by atoms with Gasteiger partial charge in [-0.1, -0.05) is 48.5 Å². The number of nitrogens with two attached hydrogens (primary N) is 1. The molecule has 4 rings (SSSR count). The average Bonchev–Trinajstić information content (AvgIpc) is 2.89. The number of fused-ring (bicyclic) bond motifs is 1. The van der Waals surface area contributed by atoms with Crippen molar-refractivity contribution in [1.29, 1.82) is 0 Å². The molecule has 7 heteroatoms. The summed E-state index contributed by atoms with van der Waals surface area (Å²) in [5.41, 5.74) is 7.82. The van der Waals surface area contributed by atoms with Gasteiger partial charge in [0.15, 0.2) is 0 Å². The minimum absolute atomic E-state index is 0.0118. The zero-order valence-corrected chi connectivity index (χ0v) is 20.4. The van der Waals surface area contributed by atoms with Gasteiger partial charge in [-0.2, -0.15) is 0 Å². The third-order valence-electron chi connectivity index (χ3n) is 6.17. The van der Waals surface area contributed by atoms with E-state index in [1.165, 1.54) is 0 Å². The summed E-state index contributed by atoms with van der Waals surface area (Å²) in [6, 6.07) is 25.3. The van der Waals surface area contributed by atoms with Gasteiger partial charge < -0.3 is 20.9 Å². The van der Waals surface area contributed by atoms with E-state index in [0.717, 1.165) is 21.9 Å². The van der Waals surface area contributed by atoms with E-state index in [-0.39, 0.29) is 18.4 Å². The summed E-state index contributed by atoms with van der Waals surface area (Å²) in [7, 11) is 0. The van der Waals surface area contributed by atoms with E-state index in [0.29, 0.717) is 35.5 Å². The van der Waals surface area contributed by atoms with Crippen LogP contribution < -0.4 is 15.8 Å². The van der Waals surface area contributed by atoms with Gasteiger partial charge in [0.25, 0.3) is 5.91 Å². The van der Waals surface area contributed by atoms with Crippen molar-refractivity contribution in [3.63, 3.8) is 0 Å². The van der Waals surface area contributed by atoms with E-state index in [1.54, 1.807) is 42.5 Å². The van der Waals surface area contributed by atoms with E-state index < -0.39 is 11.9 Å². The van der Waals surface area contributed by atoms with Crippen LogP contribution in [-0.4, -0.2) is 22.9 Å². The number of carbonyl (C=O) groups is 3. The monoisotopic (exact) mass is 496 g/mol. The van der Waals surface area contributed by atoms with E-state index in [2.05, 4.69) is 5.32 Å². The largest absolute Gasteiger partial charge is 0.481 e. The van der Waals surface area contributed by atoms with Crippen molar-refractivity contribution >= 4 is 28.6 Å². The fourth-order valence-electron chi connectivity index (χ4n) is 4.28. The number of aryl methyl sites for hydroxylation is 1. The summed E-state index contributed by atoms with van der Waals surface area (Å²) >= 11 is 0. The van der Waals surface area contributed by atoms with Gasteiger partial charge in [0.05, 0.1) is 6.04 Å². The van der Waals surface area contributed by atoms with Crippen LogP contribution in [-0.2, 0) is 11.2 Å². The molecule has 2 amide bonds. The van der Waals surface area contributed by atoms with Gasteiger partial charge in [0, 0.05) is 17.5 Å². The number of nitrogens with one attached hydrogen (secondary N) is 1. The number of carboxylic acids is 1. The maximum atomic E-state index is 13.5. The first-order chi connectivity index (χ1) is 17.8. The Balaban J connectivity index is 1.59. The molecule has 0 bridgehead atoms. The SMILES string of the molecule is CC(NC(=O)c1cc(Oc2ccc(C(N)=O)cc2)ccc1CCCC(=O)O)c1cccc2ccccc12. The lowest BCUT2D eigenvalue weighted by Crippen LogP contribution is -2.27. The van der Waals surface area contributed by atoms with Crippen molar-refractivity contribution in [1.82, 2.24) is 5.32 Å². The van der Waals surface area contributed by atoms with Crippen molar-refractivity contribution in [2.75, 3.05) is 0 Å². The van der Waals surface area contributed by atoms with E-state index in [1.807, 2.05) is 49.4 Å². The average molecular weight is 497 g/mol. The maximum absolute atomic E-state index is 13.5. The van der Waals surface area contributed by atoms with Crippen LogP contribution >= 0.6 is 0 Å². The molecule has 1 atom stereocenters. The number of amides is 2. The molecule has 4 aromatic carbocycles. The maximum Gasteiger partial charge on any atom is 0.303 e. The number of carbonyl (C=O) groups excluding carboxylic acids is 2. The first kappa shape index (κ1) is 25.4. The van der Waals surface area contributed by atoms with Gasteiger partial charge >= 0.3 is 5.97 Å². The standard InChI is InChI=1S/C30H28N2O5/c1-19(25-10-4-7-20-6-2-3-9-26(20)25)32-30(36)27-18-24(17-12-21(27)8-5-11-28(33)34)37-23-15-13-22(14-16-23)29(31)35/h2-4,6-7,9-10,12-19H,5,8,11H2,1H3,(H2,31,35)(H,32,36)(H,33,34). The highest BCUT2D eigenvalue weighted by Crippen LogP contribution is 2.28. The predicted octanol–water partition coefficient (Wildman–Crippen LogP) is 5.63. The van der Waals surface area contributed by atoms with Crippen LogP contribution in [0.1, 0.15) is 57.7 Å². The molecular weight excluding hydrogens is 468 g/mol. The Bertz CT molecular complexity index is 1440. The quantitative estimate of drug-likeness (QED) is 0.263. The van der Waals surface area contributed by atoms with Crippen molar-refractivity contribution in [2.24, 2.45) is 5.73 Å². The van der Waals surface area contributed by atoms with Crippen LogP contribution in [0.25, 0.3) is 10.8 Å². The third-order valence-corrected chi connectivity index (χ3v) is 6.17. The summed E-state index contributed by atoms with van der Waals surface area (Å²) in [5, 5.41) is 14.3. The first-order valence-corrected chi connectivity index (χ1v) is 12.0. The molecule has 1 unspecified atom stereocenters. The number of benzene rings is 4. The van der Waals surface area contributed by atoms with Crippen molar-refractivity contribution < 1.29 is 24.2 Å². The van der Waals surface area contributed by atoms with Crippen LogP contribution in [0.15, 0.2) is 84.9 Å². The summed E-state index contributed by atoms with van der Waals surface area (Å²) in [4.78, 5) is 35.8. The van der Waals surface area contributed by atoms with Gasteiger partial charge in [-0.15, -0.1) is 0 Å². The topological polar surface area (TPSA) is 119 Å². The number of carboxylic acid groups (broad SMARTS) is 1. The molecule has 0 spiro atoms. The lowest BCUT2D eigenvalue weighted by molar-refractivity contribution is -0.137. The fraction of sp³-hybridized carbons (Fsp3) is 0.167. The summed E-state index contributed by atoms with van der Waals surface area (Å²) in [6.45, 7) is 1.93. The predicted molar refractivity (Wildman–Crippen MR) is 142 cm³/mol. The van der Waals surface area contributed by atoms with Crippen LogP contribution in [0.2, 0.25) is 0 Å². The van der Waals surface area contributed by atoms with Crippen LogP contribution in [0, 0.1) is 0 Å². The Hall–Kier alpha value is -4.65. The van der Waals surface area contributed by atoms with Crippen LogP contribution in [0.4, 0.5) is 0 Å². The van der Waals surface area contributed by atoms with E-state index >= 15 is 0 Å². The molecule has 0 radical (unpaired) electrons. The Kier molecular flexibility index (Phi) is 7.83. The van der Waals surface area contributed by atoms with Crippen molar-refractivity contribution in [3.8, 4) is 11.5 Å². The molecule has 4 aromatic rings. The van der Waals surface area contributed by atoms with Gasteiger partial charge in [0.1, 0.15) is 11.5 Å². The lowest BCUT2D eigenvalue weighted by atomic mass is 9.98. The zero-order chi connectivity index (χ0) is 26.4. The molecule has 4 N–H and O–H groups in total.